The second-order valence-electron chi connectivity index (χ2n) is 6.36. The molecule has 4 heterocycles. The summed E-state index contributed by atoms with van der Waals surface area (Å²) in [5.41, 5.74) is 6.93. The zero-order valence-corrected chi connectivity index (χ0v) is 15.9. The average molecular weight is 394 g/mol. The monoisotopic (exact) mass is 394 g/mol. The minimum absolute atomic E-state index is 0.265. The zero-order valence-electron chi connectivity index (χ0n) is 14.9. The van der Waals surface area contributed by atoms with Crippen LogP contribution in [0.4, 0.5) is 5.82 Å². The van der Waals surface area contributed by atoms with E-state index in [1.54, 1.807) is 25.6 Å². The van der Waals surface area contributed by atoms with Gasteiger partial charge in [-0.15, -0.1) is 0 Å². The second-order valence-corrected chi connectivity index (χ2v) is 8.90. The van der Waals surface area contributed by atoms with Crippen molar-refractivity contribution in [3.05, 3.63) is 12.7 Å². The van der Waals surface area contributed by atoms with E-state index in [4.69, 9.17) is 34.0 Å². The third-order valence-electron chi connectivity index (χ3n) is 4.66. The van der Waals surface area contributed by atoms with Crippen molar-refractivity contribution in [2.45, 2.75) is 31.0 Å². The molecule has 2 aromatic heterocycles. The van der Waals surface area contributed by atoms with Crippen molar-refractivity contribution in [1.29, 1.82) is 5.26 Å². The van der Waals surface area contributed by atoms with Gasteiger partial charge in [0.2, 0.25) is 0 Å². The van der Waals surface area contributed by atoms with Gasteiger partial charge in [-0.25, -0.2) is 0 Å². The number of aromatic nitrogens is 4. The Labute approximate surface area is 156 Å². The number of methoxy groups -OCH3 is 1. The van der Waals surface area contributed by atoms with E-state index < -0.39 is 20.2 Å². The molecule has 2 N–H and O–H groups in total. The first kappa shape index (κ1) is 18.5. The number of fused-ring (bicyclic) bond motifs is 2. The van der Waals surface area contributed by atoms with Crippen LogP contribution in [0.1, 0.15) is 12.6 Å². The first-order valence-corrected chi connectivity index (χ1v) is 10.7. The van der Waals surface area contributed by atoms with E-state index in [2.05, 4.69) is 15.0 Å². The fourth-order valence-corrected chi connectivity index (χ4v) is 5.33. The van der Waals surface area contributed by atoms with E-state index in [-0.39, 0.29) is 25.2 Å². The van der Waals surface area contributed by atoms with Crippen LogP contribution in [0.25, 0.3) is 11.2 Å². The topological polar surface area (TPSA) is 140 Å². The van der Waals surface area contributed by atoms with Crippen LogP contribution in [0, 0.1) is 11.3 Å². The summed E-state index contributed by atoms with van der Waals surface area (Å²) in [5, 5.41) is 8.69. The van der Waals surface area contributed by atoms with Crippen LogP contribution in [-0.2, 0) is 23.0 Å². The van der Waals surface area contributed by atoms with Crippen LogP contribution in [0.5, 0.6) is 0 Å². The van der Waals surface area contributed by atoms with Gasteiger partial charge in [0.05, 0.1) is 0 Å². The Bertz CT molecular complexity index is 879. The molecule has 27 heavy (non-hydrogen) atoms. The maximum absolute atomic E-state index is 8.69. The Hall–Kier alpha value is -1.87. The number of imidazole rings is 1. The molecule has 4 rings (SSSR count). The fourth-order valence-electron chi connectivity index (χ4n) is 3.39. The molecule has 2 aliphatic heterocycles. The summed E-state index contributed by atoms with van der Waals surface area (Å²) in [6.45, 7) is 0.584. The van der Waals surface area contributed by atoms with Crippen LogP contribution in [0.15, 0.2) is 12.7 Å². The zero-order chi connectivity index (χ0) is 19.0. The number of ether oxygens (including phenoxy) is 2. The van der Waals surface area contributed by atoms with Crippen molar-refractivity contribution < 1.29 is 23.0 Å². The predicted octanol–water partition coefficient (Wildman–Crippen LogP) is -0.290. The van der Waals surface area contributed by atoms with Crippen molar-refractivity contribution in [3.63, 3.8) is 0 Å². The van der Waals surface area contributed by atoms with Crippen LogP contribution in [0.3, 0.4) is 0 Å². The first-order chi connectivity index (χ1) is 13.1. The van der Waals surface area contributed by atoms with Crippen LogP contribution < -0.4 is 5.73 Å². The van der Waals surface area contributed by atoms with E-state index in [9.17, 15) is 0 Å². The molecule has 144 valence electrons. The van der Waals surface area contributed by atoms with Gasteiger partial charge in [-0.1, -0.05) is 0 Å². The minimum atomic E-state index is -2.88. The molecule has 2 saturated heterocycles. The molecule has 0 saturated carbocycles. The van der Waals surface area contributed by atoms with E-state index in [0.29, 0.717) is 23.6 Å². The van der Waals surface area contributed by atoms with E-state index in [1.807, 2.05) is 6.07 Å². The molecule has 0 bridgehead atoms. The molecular weight excluding hydrogens is 374 g/mol. The van der Waals surface area contributed by atoms with Crippen LogP contribution in [-0.4, -0.2) is 65.7 Å². The van der Waals surface area contributed by atoms with Gasteiger partial charge in [-0.3, -0.25) is 0 Å². The average Bonchev–Trinajstić information content (AvgIpc) is 3.23. The first-order valence-electron chi connectivity index (χ1n) is 8.50. The van der Waals surface area contributed by atoms with Gasteiger partial charge in [0.15, 0.2) is 0 Å². The molecule has 13 heteroatoms. The summed E-state index contributed by atoms with van der Waals surface area (Å²) in [7, 11) is 0.528. The van der Waals surface area contributed by atoms with Gasteiger partial charge < -0.3 is 0 Å². The van der Waals surface area contributed by atoms with E-state index in [0.717, 1.165) is 0 Å². The Morgan fingerprint density at radius 3 is 3.11 bits per heavy atom. The molecule has 0 radical (unpaired) electrons. The number of nitrogen functional groups attached to an aromatic ring is 1. The van der Waals surface area contributed by atoms with Crippen molar-refractivity contribution in [3.8, 4) is 6.07 Å². The molecule has 4 atom stereocenters. The van der Waals surface area contributed by atoms with Crippen molar-refractivity contribution in [2.24, 2.45) is 0 Å². The molecule has 2 aromatic rings. The van der Waals surface area contributed by atoms with Crippen molar-refractivity contribution >= 4 is 32.4 Å². The Kier molecular flexibility index (Phi) is 4.98. The summed E-state index contributed by atoms with van der Waals surface area (Å²) in [6, 6.07) is 2.04. The molecule has 0 spiro atoms. The molecule has 11 nitrogen and oxygen atoms in total. The summed E-state index contributed by atoms with van der Waals surface area (Å²) in [6.07, 6.45) is 1.64. The number of hydrogen-bond donors (Lipinski definition) is 1. The Balaban J connectivity index is 1.59. The van der Waals surface area contributed by atoms with Crippen LogP contribution >= 0.6 is 7.82 Å². The molecule has 0 unspecified atom stereocenters. The predicted molar refractivity (Wildman–Crippen MR) is 98.3 cm³/mol. The molecule has 0 aliphatic carbocycles. The normalized spacial score (nSPS) is 30.7. The van der Waals surface area contributed by atoms with Crippen molar-refractivity contribution in [2.75, 3.05) is 26.1 Å². The number of anilines is 1. The molecule has 0 amide bonds. The maximum atomic E-state index is 8.69. The summed E-state index contributed by atoms with van der Waals surface area (Å²) in [5.74, 6) is 0.300. The van der Waals surface area contributed by atoms with Gasteiger partial charge in [0, 0.05) is 0 Å². The van der Waals surface area contributed by atoms with Crippen molar-refractivity contribution in [1.82, 2.24) is 19.5 Å². The molecule has 2 fully saturated rings. The fraction of sp³-hybridized carbons (Fsp3) is 0.571. The number of hydrogen-bond acceptors (Lipinski definition) is 10. The number of nitrogens with zero attached hydrogens (tertiary/aromatic N) is 5. The number of nitriles is 1. The quantitative estimate of drug-likeness (QED) is 0.409. The molecular formula is C14H20BN6O5P. The van der Waals surface area contributed by atoms with Gasteiger partial charge in [0.1, 0.15) is 0 Å². The SMILES string of the molecule is B[PH]1(OCCC#N)OC[C@H]2O[C@@H](n3cnc4c(N)ncnc43)[C@@H](OC)[C@H]2O1. The van der Waals surface area contributed by atoms with Gasteiger partial charge in [0.25, 0.3) is 0 Å². The number of nitrogens with two attached hydrogens (primary N) is 1. The third kappa shape index (κ3) is 3.27. The van der Waals surface area contributed by atoms with Crippen LogP contribution in [0.2, 0.25) is 0 Å². The second kappa shape index (κ2) is 7.28. The van der Waals surface area contributed by atoms with E-state index in [1.165, 1.54) is 6.33 Å². The summed E-state index contributed by atoms with van der Waals surface area (Å²) >= 11 is 0. The van der Waals surface area contributed by atoms with E-state index >= 15 is 0 Å². The van der Waals surface area contributed by atoms with Gasteiger partial charge in [-0.2, -0.15) is 0 Å². The van der Waals surface area contributed by atoms with Gasteiger partial charge in [-0.05, 0) is 0 Å². The molecule has 0 aromatic carbocycles. The third-order valence-corrected chi connectivity index (χ3v) is 6.78. The Morgan fingerprint density at radius 1 is 1.48 bits per heavy atom. The summed E-state index contributed by atoms with van der Waals surface area (Å²) < 4.78 is 31.3. The standard InChI is InChI=1S/C14H20BN6O5P/c1-22-11-10-8(5-24-27(15,26-10)23-4-2-3-16)25-14(11)21-7-20-9-12(17)18-6-19-13(9)21/h6-8,10-11,14,27H,2,4-5,15H2,1H3,(H2,17,18,19)/t8-,10+,11+,14-/m1/s1. The number of rotatable bonds is 5. The molecule has 2 aliphatic rings. The van der Waals surface area contributed by atoms with Gasteiger partial charge >= 0.3 is 156 Å². The Morgan fingerprint density at radius 2 is 2.33 bits per heavy atom. The summed E-state index contributed by atoms with van der Waals surface area (Å²) in [4.78, 5) is 12.5.